The predicted molar refractivity (Wildman–Crippen MR) is 162 cm³/mol. The molecule has 41 heavy (non-hydrogen) atoms. The number of methoxy groups -OCH3 is 1. The first-order valence-electron chi connectivity index (χ1n) is 14.6. The summed E-state index contributed by atoms with van der Waals surface area (Å²) in [6.45, 7) is 17.3. The standard InChI is InChI=1S/C33H46N2O6/c1-9-34(10-2)16-17-35-30(24-11-14-27(28(20-24)39-8)40-18-15-21(3)4)29(32(37)33(35)38)31(36)25-12-13-26(23(7)19-25)41-22(5)6/h11-14,19-22,30,36H,9-10,15-18H2,1-8H3/b31-29+. The number of ether oxygens (including phenoxy) is 3. The summed E-state index contributed by atoms with van der Waals surface area (Å²) in [6.07, 6.45) is 0.896. The Morgan fingerprint density at radius 2 is 1.68 bits per heavy atom. The highest BCUT2D eigenvalue weighted by Crippen LogP contribution is 2.42. The van der Waals surface area contributed by atoms with Crippen LogP contribution in [0.2, 0.25) is 0 Å². The molecule has 0 bridgehead atoms. The molecule has 1 saturated heterocycles. The molecule has 8 heteroatoms. The number of aryl methyl sites for hydroxylation is 1. The van der Waals surface area contributed by atoms with Crippen LogP contribution in [0.5, 0.6) is 17.2 Å². The number of rotatable bonds is 14. The zero-order valence-corrected chi connectivity index (χ0v) is 25.8. The highest BCUT2D eigenvalue weighted by atomic mass is 16.5. The molecular formula is C33H46N2O6. The van der Waals surface area contributed by atoms with Crippen LogP contribution >= 0.6 is 0 Å². The van der Waals surface area contributed by atoms with Crippen LogP contribution in [-0.2, 0) is 9.59 Å². The van der Waals surface area contributed by atoms with Crippen LogP contribution in [0.3, 0.4) is 0 Å². The molecule has 0 aliphatic carbocycles. The van der Waals surface area contributed by atoms with Gasteiger partial charge >= 0.3 is 0 Å². The van der Waals surface area contributed by atoms with Crippen LogP contribution in [0, 0.1) is 12.8 Å². The van der Waals surface area contributed by atoms with E-state index in [1.165, 1.54) is 0 Å². The minimum absolute atomic E-state index is 0.00316. The SMILES string of the molecule is CCN(CC)CCN1C(=O)C(=O)/C(=C(/O)c2ccc(OC(C)C)c(C)c2)C1c1ccc(OCCC(C)C)c(OC)c1. The van der Waals surface area contributed by atoms with Crippen molar-refractivity contribution in [2.45, 2.75) is 67.0 Å². The first-order valence-corrected chi connectivity index (χ1v) is 14.6. The Bertz CT molecular complexity index is 1250. The maximum atomic E-state index is 13.5. The first kappa shape index (κ1) is 32.0. The molecule has 224 valence electrons. The third kappa shape index (κ3) is 7.61. The molecule has 0 aromatic heterocycles. The molecule has 2 aromatic carbocycles. The number of likely N-dealkylation sites (N-methyl/N-ethyl adjacent to an activating group) is 1. The third-order valence-corrected chi connectivity index (χ3v) is 7.36. The Balaban J connectivity index is 2.10. The largest absolute Gasteiger partial charge is 0.507 e. The van der Waals surface area contributed by atoms with Gasteiger partial charge in [-0.25, -0.2) is 0 Å². The van der Waals surface area contributed by atoms with E-state index in [0.29, 0.717) is 54.0 Å². The number of amides is 1. The molecule has 1 N–H and O–H groups in total. The molecule has 0 spiro atoms. The Morgan fingerprint density at radius 1 is 1.00 bits per heavy atom. The smallest absolute Gasteiger partial charge is 0.295 e. The minimum Gasteiger partial charge on any atom is -0.507 e. The van der Waals surface area contributed by atoms with Gasteiger partial charge in [-0.05, 0) is 87.7 Å². The number of aliphatic hydroxyl groups excluding tert-OH is 1. The van der Waals surface area contributed by atoms with E-state index >= 15 is 0 Å². The van der Waals surface area contributed by atoms with E-state index in [4.69, 9.17) is 14.2 Å². The molecule has 2 aromatic rings. The first-order chi connectivity index (χ1) is 19.5. The fourth-order valence-corrected chi connectivity index (χ4v) is 4.96. The van der Waals surface area contributed by atoms with Crippen LogP contribution in [0.15, 0.2) is 42.0 Å². The molecule has 1 heterocycles. The fourth-order valence-electron chi connectivity index (χ4n) is 4.96. The van der Waals surface area contributed by atoms with Gasteiger partial charge in [0.15, 0.2) is 11.5 Å². The van der Waals surface area contributed by atoms with Gasteiger partial charge in [-0.15, -0.1) is 0 Å². The monoisotopic (exact) mass is 566 g/mol. The van der Waals surface area contributed by atoms with Crippen LogP contribution in [0.25, 0.3) is 5.76 Å². The van der Waals surface area contributed by atoms with Gasteiger partial charge in [0, 0.05) is 18.7 Å². The molecule has 1 amide bonds. The second-order valence-corrected chi connectivity index (χ2v) is 11.1. The van der Waals surface area contributed by atoms with Gasteiger partial charge in [0.05, 0.1) is 31.4 Å². The highest BCUT2D eigenvalue weighted by Gasteiger charge is 2.46. The Morgan fingerprint density at radius 3 is 2.27 bits per heavy atom. The van der Waals surface area contributed by atoms with Crippen LogP contribution in [0.4, 0.5) is 0 Å². The lowest BCUT2D eigenvalue weighted by Crippen LogP contribution is -2.38. The van der Waals surface area contributed by atoms with Gasteiger partial charge in [-0.2, -0.15) is 0 Å². The summed E-state index contributed by atoms with van der Waals surface area (Å²) in [5, 5.41) is 11.5. The summed E-state index contributed by atoms with van der Waals surface area (Å²) in [6, 6.07) is 9.93. The normalized spacial score (nSPS) is 16.8. The number of hydrogen-bond acceptors (Lipinski definition) is 7. The van der Waals surface area contributed by atoms with E-state index in [1.807, 2.05) is 26.8 Å². The molecule has 1 aliphatic heterocycles. The number of ketones is 1. The van der Waals surface area contributed by atoms with Gasteiger partial charge in [0.25, 0.3) is 11.7 Å². The number of hydrogen-bond donors (Lipinski definition) is 1. The number of likely N-dealkylation sites (tertiary alicyclic amines) is 1. The van der Waals surface area contributed by atoms with Crippen molar-refractivity contribution in [3.8, 4) is 17.2 Å². The molecule has 1 aliphatic rings. The van der Waals surface area contributed by atoms with Gasteiger partial charge in [-0.3, -0.25) is 9.59 Å². The summed E-state index contributed by atoms with van der Waals surface area (Å²) in [7, 11) is 1.56. The number of aliphatic hydroxyl groups is 1. The lowest BCUT2D eigenvalue weighted by Gasteiger charge is -2.28. The van der Waals surface area contributed by atoms with Crippen molar-refractivity contribution in [2.24, 2.45) is 5.92 Å². The highest BCUT2D eigenvalue weighted by molar-refractivity contribution is 6.46. The second-order valence-electron chi connectivity index (χ2n) is 11.1. The van der Waals surface area contributed by atoms with Crippen molar-refractivity contribution in [3.05, 3.63) is 58.7 Å². The van der Waals surface area contributed by atoms with E-state index in [9.17, 15) is 14.7 Å². The van der Waals surface area contributed by atoms with Crippen molar-refractivity contribution in [3.63, 3.8) is 0 Å². The maximum Gasteiger partial charge on any atom is 0.295 e. The van der Waals surface area contributed by atoms with Crippen molar-refractivity contribution in [1.29, 1.82) is 0 Å². The van der Waals surface area contributed by atoms with Crippen LogP contribution in [0.1, 0.15) is 70.7 Å². The van der Waals surface area contributed by atoms with Crippen LogP contribution in [-0.4, -0.2) is 72.6 Å². The summed E-state index contributed by atoms with van der Waals surface area (Å²) in [5.41, 5.74) is 1.99. The average Bonchev–Trinajstić information content (AvgIpc) is 3.19. The molecule has 1 unspecified atom stereocenters. The molecule has 8 nitrogen and oxygen atoms in total. The Labute approximate surface area is 244 Å². The molecule has 1 atom stereocenters. The Hall–Kier alpha value is -3.52. The van der Waals surface area contributed by atoms with Gasteiger partial charge < -0.3 is 29.1 Å². The number of Topliss-reactive ketones (excluding diaryl/α,β-unsaturated/α-hetero) is 1. The van der Waals surface area contributed by atoms with Gasteiger partial charge in [-0.1, -0.05) is 33.8 Å². The predicted octanol–water partition coefficient (Wildman–Crippen LogP) is 5.98. The van der Waals surface area contributed by atoms with E-state index in [1.54, 1.807) is 42.3 Å². The fraction of sp³-hybridized carbons (Fsp3) is 0.515. The quantitative estimate of drug-likeness (QED) is 0.171. The molecular weight excluding hydrogens is 520 g/mol. The van der Waals surface area contributed by atoms with E-state index in [-0.39, 0.29) is 17.4 Å². The maximum absolute atomic E-state index is 13.5. The van der Waals surface area contributed by atoms with Crippen molar-refractivity contribution < 1.29 is 28.9 Å². The third-order valence-electron chi connectivity index (χ3n) is 7.36. The van der Waals surface area contributed by atoms with Gasteiger partial charge in [0.1, 0.15) is 11.5 Å². The zero-order chi connectivity index (χ0) is 30.3. The summed E-state index contributed by atoms with van der Waals surface area (Å²) >= 11 is 0. The number of carbonyl (C=O) groups excluding carboxylic acids is 2. The van der Waals surface area contributed by atoms with Crippen molar-refractivity contribution >= 4 is 17.4 Å². The molecule has 3 rings (SSSR count). The van der Waals surface area contributed by atoms with Crippen molar-refractivity contribution in [1.82, 2.24) is 9.80 Å². The summed E-state index contributed by atoms with van der Waals surface area (Å²) < 4.78 is 17.5. The summed E-state index contributed by atoms with van der Waals surface area (Å²) in [5.74, 6) is 0.750. The molecule has 1 fully saturated rings. The van der Waals surface area contributed by atoms with Crippen molar-refractivity contribution in [2.75, 3.05) is 39.9 Å². The zero-order valence-electron chi connectivity index (χ0n) is 25.8. The number of carbonyl (C=O) groups is 2. The average molecular weight is 567 g/mol. The number of nitrogens with zero attached hydrogens (tertiary/aromatic N) is 2. The van der Waals surface area contributed by atoms with Gasteiger partial charge in [0.2, 0.25) is 0 Å². The van der Waals surface area contributed by atoms with E-state index in [0.717, 1.165) is 25.1 Å². The van der Waals surface area contributed by atoms with E-state index in [2.05, 4.69) is 32.6 Å². The lowest BCUT2D eigenvalue weighted by molar-refractivity contribution is -0.140. The lowest BCUT2D eigenvalue weighted by atomic mass is 9.94. The Kier molecular flexibility index (Phi) is 11.2. The topological polar surface area (TPSA) is 88.5 Å². The molecule has 0 saturated carbocycles. The van der Waals surface area contributed by atoms with E-state index < -0.39 is 17.7 Å². The summed E-state index contributed by atoms with van der Waals surface area (Å²) in [4.78, 5) is 30.7. The second kappa shape index (κ2) is 14.4. The molecule has 0 radical (unpaired) electrons. The number of benzene rings is 2. The van der Waals surface area contributed by atoms with Crippen LogP contribution < -0.4 is 14.2 Å². The minimum atomic E-state index is -0.781.